The van der Waals surface area contributed by atoms with Crippen LogP contribution in [0.25, 0.3) is 6.08 Å². The lowest BCUT2D eigenvalue weighted by Crippen LogP contribution is -2.29. The van der Waals surface area contributed by atoms with Crippen LogP contribution >= 0.6 is 0 Å². The normalized spacial score (nSPS) is 11.9. The number of rotatable bonds is 8. The molecule has 9 heteroatoms. The first-order chi connectivity index (χ1) is 16.2. The van der Waals surface area contributed by atoms with Crippen molar-refractivity contribution < 1.29 is 19.2 Å². The lowest BCUT2D eigenvalue weighted by atomic mass is 10.1. The number of nitrogens with zero attached hydrogens (tertiary/aromatic N) is 3. The van der Waals surface area contributed by atoms with Gasteiger partial charge in [0.25, 0.3) is 11.6 Å². The van der Waals surface area contributed by atoms with Gasteiger partial charge in [-0.1, -0.05) is 42.0 Å². The highest BCUT2D eigenvalue weighted by Crippen LogP contribution is 2.23. The summed E-state index contributed by atoms with van der Waals surface area (Å²) in [5.41, 5.74) is 4.53. The molecule has 1 N–H and O–H groups in total. The molecule has 0 bridgehead atoms. The molecule has 0 aliphatic carbocycles. The van der Waals surface area contributed by atoms with Crippen molar-refractivity contribution in [3.8, 4) is 0 Å². The number of hydrogen-bond donors (Lipinski definition) is 1. The molecule has 0 radical (unpaired) electrons. The van der Waals surface area contributed by atoms with Crippen LogP contribution in [0.2, 0.25) is 0 Å². The number of nitrogens with one attached hydrogen (secondary N) is 1. The van der Waals surface area contributed by atoms with Gasteiger partial charge in [0, 0.05) is 23.4 Å². The van der Waals surface area contributed by atoms with Crippen molar-refractivity contribution in [1.82, 2.24) is 9.78 Å². The number of carbonyl (C=O) groups excluding carboxylic acids is 2. The molecule has 9 nitrogen and oxygen atoms in total. The van der Waals surface area contributed by atoms with Gasteiger partial charge in [0.05, 0.1) is 17.2 Å². The van der Waals surface area contributed by atoms with Crippen LogP contribution in [0, 0.1) is 30.9 Å². The number of aromatic nitrogens is 2. The molecule has 0 aliphatic rings. The highest BCUT2D eigenvalue weighted by atomic mass is 16.6. The van der Waals surface area contributed by atoms with E-state index >= 15 is 0 Å². The maximum absolute atomic E-state index is 12.4. The molecule has 0 saturated heterocycles. The summed E-state index contributed by atoms with van der Waals surface area (Å²) in [6, 6.07) is 13.9. The molecule has 176 valence electrons. The summed E-state index contributed by atoms with van der Waals surface area (Å²) < 4.78 is 7.03. The number of carbonyl (C=O) groups is 2. The number of amides is 1. The molecule has 34 heavy (non-hydrogen) atoms. The van der Waals surface area contributed by atoms with Crippen LogP contribution in [0.15, 0.2) is 54.6 Å². The van der Waals surface area contributed by atoms with E-state index in [2.05, 4.69) is 22.5 Å². The molecule has 1 aromatic heterocycles. The standard InChI is InChI=1S/C25H26N4O5/c1-16-9-11-20(12-10-16)15-28-18(3)21(17(2)27-28)13-14-24(30)34-19(4)25(31)26-22-7-5-6-8-23(22)29(32)33/h5-14,19H,15H2,1-4H3,(H,26,31)/b14-13+. The molecule has 1 heterocycles. The number of nitro groups is 1. The van der Waals surface area contributed by atoms with Crippen molar-refractivity contribution >= 4 is 29.3 Å². The number of hydrogen-bond acceptors (Lipinski definition) is 6. The molecular formula is C25H26N4O5. The van der Waals surface area contributed by atoms with Gasteiger partial charge in [0.15, 0.2) is 6.10 Å². The van der Waals surface area contributed by atoms with E-state index in [-0.39, 0.29) is 11.4 Å². The predicted octanol–water partition coefficient (Wildman–Crippen LogP) is 4.35. The first-order valence-corrected chi connectivity index (χ1v) is 10.7. The molecule has 2 aromatic carbocycles. The monoisotopic (exact) mass is 462 g/mol. The number of esters is 1. The molecule has 3 aromatic rings. The number of para-hydroxylation sites is 2. The Labute approximate surface area is 197 Å². The van der Waals surface area contributed by atoms with Crippen molar-refractivity contribution in [3.05, 3.63) is 92.8 Å². The summed E-state index contributed by atoms with van der Waals surface area (Å²) >= 11 is 0. The van der Waals surface area contributed by atoms with Crippen LogP contribution < -0.4 is 5.32 Å². The first-order valence-electron chi connectivity index (χ1n) is 10.7. The van der Waals surface area contributed by atoms with Crippen molar-refractivity contribution in [2.24, 2.45) is 0 Å². The summed E-state index contributed by atoms with van der Waals surface area (Å²) in [4.78, 5) is 35.1. The van der Waals surface area contributed by atoms with E-state index in [0.717, 1.165) is 22.5 Å². The number of aryl methyl sites for hydroxylation is 2. The Bertz CT molecular complexity index is 1240. The third-order valence-corrected chi connectivity index (χ3v) is 5.30. The Morgan fingerprint density at radius 2 is 1.82 bits per heavy atom. The SMILES string of the molecule is Cc1ccc(Cn2nc(C)c(/C=C/C(=O)OC(C)C(=O)Nc3ccccc3[N+](=O)[O-])c2C)cc1. The summed E-state index contributed by atoms with van der Waals surface area (Å²) in [6.07, 6.45) is 1.70. The van der Waals surface area contributed by atoms with Gasteiger partial charge in [0.1, 0.15) is 5.69 Å². The molecule has 1 amide bonds. The fraction of sp³-hybridized carbons (Fsp3) is 0.240. The zero-order valence-corrected chi connectivity index (χ0v) is 19.4. The van der Waals surface area contributed by atoms with E-state index in [1.807, 2.05) is 37.6 Å². The minimum absolute atomic E-state index is 0.0307. The molecule has 0 aliphatic heterocycles. The summed E-state index contributed by atoms with van der Waals surface area (Å²) in [7, 11) is 0. The van der Waals surface area contributed by atoms with E-state index < -0.39 is 22.9 Å². The number of nitro benzene ring substituents is 1. The van der Waals surface area contributed by atoms with Crippen LogP contribution in [0.1, 0.15) is 35.0 Å². The number of ether oxygens (including phenoxy) is 1. The maximum atomic E-state index is 12.4. The topological polar surface area (TPSA) is 116 Å². The van der Waals surface area contributed by atoms with E-state index in [9.17, 15) is 19.7 Å². The third-order valence-electron chi connectivity index (χ3n) is 5.30. The fourth-order valence-corrected chi connectivity index (χ4v) is 3.36. The van der Waals surface area contributed by atoms with Crippen molar-refractivity contribution in [1.29, 1.82) is 0 Å². The van der Waals surface area contributed by atoms with E-state index in [1.54, 1.807) is 12.1 Å². The largest absolute Gasteiger partial charge is 0.449 e. The second kappa shape index (κ2) is 10.6. The van der Waals surface area contributed by atoms with E-state index in [1.165, 1.54) is 36.8 Å². The minimum atomic E-state index is -1.15. The van der Waals surface area contributed by atoms with E-state index in [4.69, 9.17) is 4.74 Å². The summed E-state index contributed by atoms with van der Waals surface area (Å²) in [5, 5.41) is 18.1. The molecule has 0 fully saturated rings. The van der Waals surface area contributed by atoms with Gasteiger partial charge < -0.3 is 10.1 Å². The molecule has 0 saturated carbocycles. The Balaban J connectivity index is 1.63. The van der Waals surface area contributed by atoms with E-state index in [0.29, 0.717) is 6.54 Å². The smallest absolute Gasteiger partial charge is 0.331 e. The molecule has 1 unspecified atom stereocenters. The Morgan fingerprint density at radius 1 is 1.15 bits per heavy atom. The molecule has 3 rings (SSSR count). The molecular weight excluding hydrogens is 436 g/mol. The second-order valence-electron chi connectivity index (χ2n) is 7.90. The maximum Gasteiger partial charge on any atom is 0.331 e. The quantitative estimate of drug-likeness (QED) is 0.230. The van der Waals surface area contributed by atoms with Gasteiger partial charge in [-0.2, -0.15) is 5.10 Å². The molecule has 0 spiro atoms. The van der Waals surface area contributed by atoms with Crippen molar-refractivity contribution in [3.63, 3.8) is 0 Å². The van der Waals surface area contributed by atoms with Gasteiger partial charge in [-0.25, -0.2) is 4.79 Å². The van der Waals surface area contributed by atoms with Crippen LogP contribution in [0.5, 0.6) is 0 Å². The Kier molecular flexibility index (Phi) is 7.57. The van der Waals surface area contributed by atoms with Crippen LogP contribution in [-0.2, 0) is 20.9 Å². The first kappa shape index (κ1) is 24.4. The third kappa shape index (κ3) is 5.94. The highest BCUT2D eigenvalue weighted by Gasteiger charge is 2.21. The Morgan fingerprint density at radius 3 is 2.50 bits per heavy atom. The highest BCUT2D eigenvalue weighted by molar-refractivity contribution is 5.98. The summed E-state index contributed by atoms with van der Waals surface area (Å²) in [5.74, 6) is -1.38. The van der Waals surface area contributed by atoms with Gasteiger partial charge in [-0.05, 0) is 45.4 Å². The van der Waals surface area contributed by atoms with Crippen molar-refractivity contribution in [2.75, 3.05) is 5.32 Å². The van der Waals surface area contributed by atoms with Crippen LogP contribution in [0.3, 0.4) is 0 Å². The van der Waals surface area contributed by atoms with Gasteiger partial charge >= 0.3 is 5.97 Å². The van der Waals surface area contributed by atoms with Gasteiger partial charge in [-0.15, -0.1) is 0 Å². The van der Waals surface area contributed by atoms with Crippen LogP contribution in [0.4, 0.5) is 11.4 Å². The second-order valence-corrected chi connectivity index (χ2v) is 7.90. The average molecular weight is 463 g/mol. The zero-order chi connectivity index (χ0) is 24.8. The minimum Gasteiger partial charge on any atom is -0.449 e. The number of anilines is 1. The van der Waals surface area contributed by atoms with Crippen LogP contribution in [-0.4, -0.2) is 32.7 Å². The lowest BCUT2D eigenvalue weighted by Gasteiger charge is -2.12. The number of benzene rings is 2. The predicted molar refractivity (Wildman–Crippen MR) is 128 cm³/mol. The summed E-state index contributed by atoms with van der Waals surface area (Å²) in [6.45, 7) is 7.81. The van der Waals surface area contributed by atoms with Crippen molar-refractivity contribution in [2.45, 2.75) is 40.3 Å². The van der Waals surface area contributed by atoms with Gasteiger partial charge in [0.2, 0.25) is 0 Å². The van der Waals surface area contributed by atoms with Gasteiger partial charge in [-0.3, -0.25) is 19.6 Å². The molecule has 1 atom stereocenters. The Hall–Kier alpha value is -4.27. The lowest BCUT2D eigenvalue weighted by molar-refractivity contribution is -0.383. The average Bonchev–Trinajstić information content (AvgIpc) is 3.06. The fourth-order valence-electron chi connectivity index (χ4n) is 3.36. The zero-order valence-electron chi connectivity index (χ0n) is 19.4.